The summed E-state index contributed by atoms with van der Waals surface area (Å²) < 4.78 is 40.3. The van der Waals surface area contributed by atoms with Crippen molar-refractivity contribution in [3.05, 3.63) is 29.3 Å². The average Bonchev–Trinajstić information content (AvgIpc) is 2.72. The van der Waals surface area contributed by atoms with Crippen molar-refractivity contribution < 1.29 is 13.2 Å². The molecule has 0 unspecified atom stereocenters. The second-order valence-electron chi connectivity index (χ2n) is 3.23. The number of pyridine rings is 1. The maximum absolute atomic E-state index is 13.6. The Morgan fingerprint density at radius 3 is 2.44 bits per heavy atom. The minimum atomic E-state index is -1.59. The summed E-state index contributed by atoms with van der Waals surface area (Å²) in [6.07, 6.45) is 1.04. The Kier molecular flexibility index (Phi) is 2.55. The highest BCUT2D eigenvalue weighted by atomic mass is 19.2. The lowest BCUT2D eigenvalue weighted by atomic mass is 10.3. The van der Waals surface area contributed by atoms with Gasteiger partial charge in [0.1, 0.15) is 23.1 Å². The van der Waals surface area contributed by atoms with Crippen LogP contribution in [-0.4, -0.2) is 14.8 Å². The monoisotopic (exact) mass is 254 g/mol. The number of aromatic nitrogens is 3. The number of nitrogens with zero attached hydrogens (tertiary/aromatic N) is 4. The van der Waals surface area contributed by atoms with Crippen LogP contribution in [0.15, 0.2) is 6.20 Å². The summed E-state index contributed by atoms with van der Waals surface area (Å²) in [5.74, 6) is -5.47. The molecule has 2 aromatic heterocycles. The molecule has 2 heterocycles. The second-order valence-corrected chi connectivity index (χ2v) is 3.23. The van der Waals surface area contributed by atoms with Crippen molar-refractivity contribution >= 4 is 11.5 Å². The van der Waals surface area contributed by atoms with Crippen molar-refractivity contribution in [2.75, 3.05) is 11.5 Å². The molecule has 0 amide bonds. The van der Waals surface area contributed by atoms with E-state index in [0.29, 0.717) is 4.68 Å². The smallest absolute Gasteiger partial charge is 0.253 e. The van der Waals surface area contributed by atoms with Crippen molar-refractivity contribution in [3.63, 3.8) is 0 Å². The lowest BCUT2D eigenvalue weighted by Gasteiger charge is -2.07. The highest BCUT2D eigenvalue weighted by Crippen LogP contribution is 2.24. The number of rotatable bonds is 1. The molecule has 0 fully saturated rings. The molecule has 0 aromatic carbocycles. The van der Waals surface area contributed by atoms with Gasteiger partial charge in [-0.2, -0.15) is 28.8 Å². The third-order valence-electron chi connectivity index (χ3n) is 2.18. The van der Waals surface area contributed by atoms with Gasteiger partial charge in [-0.3, -0.25) is 0 Å². The molecule has 18 heavy (non-hydrogen) atoms. The van der Waals surface area contributed by atoms with Crippen molar-refractivity contribution in [3.8, 4) is 11.9 Å². The van der Waals surface area contributed by atoms with E-state index in [-0.39, 0.29) is 11.4 Å². The van der Waals surface area contributed by atoms with Gasteiger partial charge in [0, 0.05) is 0 Å². The first-order valence-electron chi connectivity index (χ1n) is 4.51. The highest BCUT2D eigenvalue weighted by molar-refractivity contribution is 5.54. The van der Waals surface area contributed by atoms with Crippen LogP contribution in [-0.2, 0) is 0 Å². The molecule has 2 rings (SSSR count). The molecule has 4 N–H and O–H groups in total. The van der Waals surface area contributed by atoms with Gasteiger partial charge in [-0.1, -0.05) is 0 Å². The number of hydrogen-bond acceptors (Lipinski definition) is 5. The Morgan fingerprint density at radius 2 is 1.89 bits per heavy atom. The first kappa shape index (κ1) is 11.7. The summed E-state index contributed by atoms with van der Waals surface area (Å²) in [4.78, 5) is 3.03. The molecule has 0 saturated carbocycles. The van der Waals surface area contributed by atoms with E-state index < -0.39 is 29.1 Å². The fourth-order valence-electron chi connectivity index (χ4n) is 1.27. The molecule has 0 aliphatic carbocycles. The van der Waals surface area contributed by atoms with Crippen LogP contribution in [0, 0.1) is 28.9 Å². The summed E-state index contributed by atoms with van der Waals surface area (Å²) in [5.41, 5.74) is 9.41. The zero-order valence-corrected chi connectivity index (χ0v) is 8.65. The number of nitrogen functional groups attached to an aromatic ring is 2. The highest BCUT2D eigenvalue weighted by Gasteiger charge is 2.22. The molecular weight excluding hydrogens is 249 g/mol. The van der Waals surface area contributed by atoms with Crippen molar-refractivity contribution in [1.29, 1.82) is 5.26 Å². The van der Waals surface area contributed by atoms with Crippen molar-refractivity contribution in [2.24, 2.45) is 0 Å². The maximum Gasteiger partial charge on any atom is 0.253 e. The van der Waals surface area contributed by atoms with Gasteiger partial charge in [0.2, 0.25) is 5.82 Å². The van der Waals surface area contributed by atoms with Crippen LogP contribution < -0.4 is 11.5 Å². The molecule has 0 aliphatic heterocycles. The lowest BCUT2D eigenvalue weighted by Crippen LogP contribution is -2.12. The summed E-state index contributed by atoms with van der Waals surface area (Å²) in [6, 6.07) is 1.69. The van der Waals surface area contributed by atoms with Gasteiger partial charge < -0.3 is 11.5 Å². The predicted molar refractivity (Wildman–Crippen MR) is 54.8 cm³/mol. The Morgan fingerprint density at radius 1 is 1.22 bits per heavy atom. The molecular formula is C9H5F3N6. The Labute approximate surface area is 98.2 Å². The summed E-state index contributed by atoms with van der Waals surface area (Å²) >= 11 is 0. The predicted octanol–water partition coefficient (Wildman–Crippen LogP) is 0.721. The zero-order valence-electron chi connectivity index (χ0n) is 8.65. The molecule has 0 radical (unpaired) electrons. The molecule has 0 bridgehead atoms. The van der Waals surface area contributed by atoms with E-state index >= 15 is 0 Å². The quantitative estimate of drug-likeness (QED) is 0.729. The van der Waals surface area contributed by atoms with Gasteiger partial charge >= 0.3 is 0 Å². The molecule has 0 atom stereocenters. The first-order valence-corrected chi connectivity index (χ1v) is 4.51. The number of hydrogen-bond donors (Lipinski definition) is 2. The standard InChI is InChI=1S/C9H5F3N6/c10-4-6(14)5(11)9(17-7(4)12)18-8(15)3(1-13)2-16-18/h2H,15H2,(H2,14,17). The second kappa shape index (κ2) is 3.92. The molecule has 0 spiro atoms. The van der Waals surface area contributed by atoms with Crippen LogP contribution in [0.2, 0.25) is 0 Å². The summed E-state index contributed by atoms with van der Waals surface area (Å²) in [6.45, 7) is 0. The number of anilines is 2. The van der Waals surface area contributed by atoms with Gasteiger partial charge in [-0.05, 0) is 0 Å². The van der Waals surface area contributed by atoms with Crippen LogP contribution in [0.4, 0.5) is 24.7 Å². The van der Waals surface area contributed by atoms with Crippen LogP contribution >= 0.6 is 0 Å². The van der Waals surface area contributed by atoms with Crippen molar-refractivity contribution in [1.82, 2.24) is 14.8 Å². The SMILES string of the molecule is N#Cc1cnn(-c2nc(F)c(F)c(N)c2F)c1N. The van der Waals surface area contributed by atoms with Gasteiger partial charge in [-0.25, -0.2) is 4.39 Å². The number of nitrogens with two attached hydrogens (primary N) is 2. The van der Waals surface area contributed by atoms with Gasteiger partial charge in [0.15, 0.2) is 11.6 Å². The number of halogens is 3. The average molecular weight is 254 g/mol. The van der Waals surface area contributed by atoms with Gasteiger partial charge in [0.25, 0.3) is 5.95 Å². The normalized spacial score (nSPS) is 10.3. The van der Waals surface area contributed by atoms with Crippen LogP contribution in [0.1, 0.15) is 5.56 Å². The maximum atomic E-state index is 13.6. The molecule has 9 heteroatoms. The van der Waals surface area contributed by atoms with E-state index in [1.165, 1.54) is 0 Å². The van der Waals surface area contributed by atoms with E-state index in [4.69, 9.17) is 16.7 Å². The minimum Gasteiger partial charge on any atom is -0.394 e. The van der Waals surface area contributed by atoms with Crippen LogP contribution in [0.25, 0.3) is 5.82 Å². The fraction of sp³-hybridized carbons (Fsp3) is 0. The topological polar surface area (TPSA) is 107 Å². The number of nitriles is 1. The van der Waals surface area contributed by atoms with E-state index in [1.807, 2.05) is 0 Å². The summed E-state index contributed by atoms with van der Waals surface area (Å²) in [5, 5.41) is 12.2. The van der Waals surface area contributed by atoms with E-state index in [2.05, 4.69) is 10.1 Å². The Hall–Kier alpha value is -2.76. The van der Waals surface area contributed by atoms with Gasteiger partial charge in [0.05, 0.1) is 6.20 Å². The molecule has 92 valence electrons. The Balaban J connectivity index is 2.73. The third-order valence-corrected chi connectivity index (χ3v) is 2.18. The van der Waals surface area contributed by atoms with Crippen LogP contribution in [0.5, 0.6) is 0 Å². The molecule has 6 nitrogen and oxygen atoms in total. The zero-order chi connectivity index (χ0) is 13.4. The first-order chi connectivity index (χ1) is 8.47. The molecule has 0 aliphatic rings. The van der Waals surface area contributed by atoms with Crippen LogP contribution in [0.3, 0.4) is 0 Å². The molecule has 0 saturated heterocycles. The van der Waals surface area contributed by atoms with Gasteiger partial charge in [-0.15, -0.1) is 0 Å². The fourth-order valence-corrected chi connectivity index (χ4v) is 1.27. The van der Waals surface area contributed by atoms with E-state index in [9.17, 15) is 13.2 Å². The Bertz CT molecular complexity index is 672. The lowest BCUT2D eigenvalue weighted by molar-refractivity contribution is 0.464. The minimum absolute atomic E-state index is 0.0560. The molecule has 2 aromatic rings. The largest absolute Gasteiger partial charge is 0.394 e. The van der Waals surface area contributed by atoms with E-state index in [1.54, 1.807) is 6.07 Å². The summed E-state index contributed by atoms with van der Waals surface area (Å²) in [7, 11) is 0. The van der Waals surface area contributed by atoms with Crippen molar-refractivity contribution in [2.45, 2.75) is 0 Å². The van der Waals surface area contributed by atoms with E-state index in [0.717, 1.165) is 6.20 Å². The third kappa shape index (κ3) is 1.51.